The molecule has 0 radical (unpaired) electrons. The number of rotatable bonds is 4. The Kier molecular flexibility index (Phi) is 3.89. The molecule has 106 valence electrons. The summed E-state index contributed by atoms with van der Waals surface area (Å²) in [6.07, 6.45) is 3.46. The van der Waals surface area contributed by atoms with Crippen LogP contribution in [0.2, 0.25) is 0 Å². The van der Waals surface area contributed by atoms with Crippen LogP contribution in [-0.4, -0.2) is 10.9 Å². The zero-order valence-corrected chi connectivity index (χ0v) is 11.9. The first-order chi connectivity index (χ1) is 10.3. The average Bonchev–Trinajstić information content (AvgIpc) is 2.91. The maximum Gasteiger partial charge on any atom is 0.269 e. The molecule has 2 heterocycles. The van der Waals surface area contributed by atoms with E-state index < -0.39 is 0 Å². The van der Waals surface area contributed by atoms with Gasteiger partial charge in [-0.15, -0.1) is 11.8 Å². The molecule has 0 atom stereocenters. The predicted octanol–water partition coefficient (Wildman–Crippen LogP) is 2.72. The number of carbonyl (C=O) groups excluding carboxylic acids is 1. The monoisotopic (exact) mass is 299 g/mol. The van der Waals surface area contributed by atoms with E-state index in [1.165, 1.54) is 0 Å². The van der Waals surface area contributed by atoms with Crippen LogP contribution in [0.15, 0.2) is 58.1 Å². The van der Waals surface area contributed by atoms with E-state index >= 15 is 0 Å². The number of amides is 1. The maximum absolute atomic E-state index is 12.0. The number of fused-ring (bicyclic) bond motifs is 1. The van der Waals surface area contributed by atoms with Gasteiger partial charge in [0.1, 0.15) is 11.3 Å². The fraction of sp³-hybridized carbons (Fsp3) is 0.0667. The Hall–Kier alpha value is -2.31. The highest BCUT2D eigenvalue weighted by atomic mass is 32.2. The molecule has 1 aromatic carbocycles. The van der Waals surface area contributed by atoms with Crippen molar-refractivity contribution in [3.63, 3.8) is 0 Å². The number of aromatic nitrogens is 1. The Morgan fingerprint density at radius 1 is 1.24 bits per heavy atom. The van der Waals surface area contributed by atoms with E-state index in [-0.39, 0.29) is 5.91 Å². The van der Waals surface area contributed by atoms with E-state index in [4.69, 9.17) is 10.3 Å². The number of nitrogens with zero attached hydrogens (tertiary/aromatic N) is 1. The molecule has 0 aliphatic carbocycles. The largest absolute Gasteiger partial charge is 0.459 e. The third kappa shape index (κ3) is 2.76. The van der Waals surface area contributed by atoms with Gasteiger partial charge >= 0.3 is 0 Å². The molecule has 0 aliphatic heterocycles. The molecule has 6 heteroatoms. The first kappa shape index (κ1) is 13.7. The van der Waals surface area contributed by atoms with Gasteiger partial charge in [0.25, 0.3) is 5.91 Å². The van der Waals surface area contributed by atoms with E-state index in [9.17, 15) is 4.79 Å². The minimum atomic E-state index is -0.342. The van der Waals surface area contributed by atoms with Crippen molar-refractivity contribution in [2.45, 2.75) is 10.6 Å². The van der Waals surface area contributed by atoms with Crippen molar-refractivity contribution in [3.8, 4) is 0 Å². The second kappa shape index (κ2) is 5.99. The SMILES string of the molecule is NNC(=O)c1c(CSc2ccncc2)oc2ccccc12. The number of hydrazine groups is 1. The summed E-state index contributed by atoms with van der Waals surface area (Å²) in [6.45, 7) is 0. The van der Waals surface area contributed by atoms with Gasteiger partial charge in [0.05, 0.1) is 11.3 Å². The van der Waals surface area contributed by atoms with Crippen molar-refractivity contribution in [1.82, 2.24) is 10.4 Å². The molecule has 0 bridgehead atoms. The van der Waals surface area contributed by atoms with Gasteiger partial charge in [-0.1, -0.05) is 18.2 Å². The highest BCUT2D eigenvalue weighted by Gasteiger charge is 2.19. The molecule has 0 saturated carbocycles. The van der Waals surface area contributed by atoms with Gasteiger partial charge in [0.15, 0.2) is 0 Å². The number of nitrogen functional groups attached to an aromatic ring is 1. The molecular weight excluding hydrogens is 286 g/mol. The van der Waals surface area contributed by atoms with Crippen LogP contribution >= 0.6 is 11.8 Å². The number of para-hydroxylation sites is 1. The first-order valence-corrected chi connectivity index (χ1v) is 7.32. The van der Waals surface area contributed by atoms with Crippen molar-refractivity contribution >= 4 is 28.6 Å². The number of nitrogens with two attached hydrogens (primary N) is 1. The molecule has 5 nitrogen and oxygen atoms in total. The van der Waals surface area contributed by atoms with Gasteiger partial charge in [-0.2, -0.15) is 0 Å². The molecule has 0 saturated heterocycles. The lowest BCUT2D eigenvalue weighted by atomic mass is 10.1. The number of nitrogens with one attached hydrogen (secondary N) is 1. The number of pyridine rings is 1. The molecule has 3 N–H and O–H groups in total. The molecule has 3 aromatic rings. The van der Waals surface area contributed by atoms with Crippen molar-refractivity contribution in [2.75, 3.05) is 0 Å². The van der Waals surface area contributed by atoms with Crippen LogP contribution in [0.3, 0.4) is 0 Å². The summed E-state index contributed by atoms with van der Waals surface area (Å²) in [4.78, 5) is 17.0. The standard InChI is InChI=1S/C15H13N3O2S/c16-18-15(19)14-11-3-1-2-4-12(11)20-13(14)9-21-10-5-7-17-8-6-10/h1-8H,9,16H2,(H,18,19). The van der Waals surface area contributed by atoms with Crippen molar-refractivity contribution in [2.24, 2.45) is 5.84 Å². The molecule has 0 fully saturated rings. The highest BCUT2D eigenvalue weighted by molar-refractivity contribution is 7.98. The summed E-state index contributed by atoms with van der Waals surface area (Å²) in [5.41, 5.74) is 3.36. The molecule has 0 aliphatic rings. The summed E-state index contributed by atoms with van der Waals surface area (Å²) < 4.78 is 5.79. The highest BCUT2D eigenvalue weighted by Crippen LogP contribution is 2.30. The van der Waals surface area contributed by atoms with Gasteiger partial charge in [-0.05, 0) is 18.2 Å². The summed E-state index contributed by atoms with van der Waals surface area (Å²) in [5, 5.41) is 0.769. The molecule has 21 heavy (non-hydrogen) atoms. The van der Waals surface area contributed by atoms with Crippen molar-refractivity contribution in [1.29, 1.82) is 0 Å². The fourth-order valence-corrected chi connectivity index (χ4v) is 2.92. The maximum atomic E-state index is 12.0. The van der Waals surface area contributed by atoms with Crippen LogP contribution < -0.4 is 11.3 Å². The summed E-state index contributed by atoms with van der Waals surface area (Å²) >= 11 is 1.58. The average molecular weight is 299 g/mol. The molecule has 3 rings (SSSR count). The second-order valence-electron chi connectivity index (χ2n) is 4.34. The zero-order chi connectivity index (χ0) is 14.7. The third-order valence-corrected chi connectivity index (χ3v) is 4.06. The van der Waals surface area contributed by atoms with E-state index in [0.717, 1.165) is 10.3 Å². The Labute approximate surface area is 125 Å². The van der Waals surface area contributed by atoms with E-state index in [1.807, 2.05) is 36.4 Å². The summed E-state index contributed by atoms with van der Waals surface area (Å²) in [5.74, 6) is 6.09. The smallest absolute Gasteiger partial charge is 0.269 e. The Balaban J connectivity index is 1.95. The second-order valence-corrected chi connectivity index (χ2v) is 5.39. The van der Waals surface area contributed by atoms with Gasteiger partial charge < -0.3 is 4.42 Å². The van der Waals surface area contributed by atoms with E-state index in [1.54, 1.807) is 24.2 Å². The van der Waals surface area contributed by atoms with Crippen LogP contribution in [0.1, 0.15) is 16.1 Å². The van der Waals surface area contributed by atoms with E-state index in [2.05, 4.69) is 10.4 Å². The molecule has 1 amide bonds. The number of carbonyl (C=O) groups is 1. The van der Waals surface area contributed by atoms with Crippen LogP contribution in [0.5, 0.6) is 0 Å². The number of hydrogen-bond donors (Lipinski definition) is 2. The fourth-order valence-electron chi connectivity index (χ4n) is 2.10. The predicted molar refractivity (Wildman–Crippen MR) is 81.7 cm³/mol. The molecule has 0 unspecified atom stereocenters. The Morgan fingerprint density at radius 3 is 2.76 bits per heavy atom. The third-order valence-electron chi connectivity index (χ3n) is 3.05. The quantitative estimate of drug-likeness (QED) is 0.335. The number of thioether (sulfide) groups is 1. The van der Waals surface area contributed by atoms with Gasteiger partial charge in [0.2, 0.25) is 0 Å². The summed E-state index contributed by atoms with van der Waals surface area (Å²) in [7, 11) is 0. The lowest BCUT2D eigenvalue weighted by Gasteiger charge is -2.02. The number of furan rings is 1. The van der Waals surface area contributed by atoms with Crippen molar-refractivity contribution in [3.05, 3.63) is 60.1 Å². The van der Waals surface area contributed by atoms with Crippen LogP contribution in [-0.2, 0) is 5.75 Å². The number of hydrogen-bond acceptors (Lipinski definition) is 5. The molecular formula is C15H13N3O2S. The molecule has 2 aromatic heterocycles. The Bertz CT molecular complexity index is 771. The van der Waals surface area contributed by atoms with Gasteiger partial charge in [-0.25, -0.2) is 5.84 Å². The summed E-state index contributed by atoms with van der Waals surface area (Å²) in [6, 6.07) is 11.2. The van der Waals surface area contributed by atoms with Crippen molar-refractivity contribution < 1.29 is 9.21 Å². The van der Waals surface area contributed by atoms with E-state index in [0.29, 0.717) is 22.7 Å². The van der Waals surface area contributed by atoms with Gasteiger partial charge in [0, 0.05) is 22.7 Å². The van der Waals surface area contributed by atoms with Gasteiger partial charge in [-0.3, -0.25) is 15.2 Å². The topological polar surface area (TPSA) is 81.1 Å². The van der Waals surface area contributed by atoms with Crippen LogP contribution in [0.25, 0.3) is 11.0 Å². The number of benzene rings is 1. The minimum Gasteiger partial charge on any atom is -0.459 e. The lowest BCUT2D eigenvalue weighted by molar-refractivity contribution is 0.0953. The lowest BCUT2D eigenvalue weighted by Crippen LogP contribution is -2.30. The Morgan fingerprint density at radius 2 is 2.00 bits per heavy atom. The zero-order valence-electron chi connectivity index (χ0n) is 11.1. The normalized spacial score (nSPS) is 10.7. The van der Waals surface area contributed by atoms with Crippen LogP contribution in [0.4, 0.5) is 0 Å². The van der Waals surface area contributed by atoms with Crippen LogP contribution in [0, 0.1) is 0 Å². The first-order valence-electron chi connectivity index (χ1n) is 6.34. The molecule has 0 spiro atoms. The minimum absolute atomic E-state index is 0.342.